The third-order valence-corrected chi connectivity index (χ3v) is 4.99. The van der Waals surface area contributed by atoms with Crippen molar-refractivity contribution in [2.24, 2.45) is 5.92 Å². The van der Waals surface area contributed by atoms with Crippen molar-refractivity contribution in [1.29, 1.82) is 0 Å². The first-order valence-corrected chi connectivity index (χ1v) is 8.61. The normalized spacial score (nSPS) is 23.0. The zero-order valence-corrected chi connectivity index (χ0v) is 15.0. The molecule has 1 saturated heterocycles. The summed E-state index contributed by atoms with van der Waals surface area (Å²) in [4.78, 5) is 8.60. The largest absolute Gasteiger partial charge is 0.378 e. The highest BCUT2D eigenvalue weighted by atomic mass is 32.1. The fourth-order valence-corrected chi connectivity index (χ4v) is 3.91. The molecule has 0 aromatic carbocycles. The maximum atomic E-state index is 5.32. The average Bonchev–Trinajstić information content (AvgIpc) is 2.90. The van der Waals surface area contributed by atoms with Crippen LogP contribution in [0.4, 0.5) is 5.13 Å². The fraction of sp³-hybridized carbons (Fsp3) is 0.812. The van der Waals surface area contributed by atoms with Gasteiger partial charge in [-0.05, 0) is 40.0 Å². The summed E-state index contributed by atoms with van der Waals surface area (Å²) in [6, 6.07) is 0.588. The van der Waals surface area contributed by atoms with Crippen LogP contribution < -0.4 is 10.2 Å². The molecule has 1 N–H and O–H groups in total. The molecular formula is C16H29N3OS. The first-order valence-electron chi connectivity index (χ1n) is 7.79. The lowest BCUT2D eigenvalue weighted by Gasteiger charge is -2.20. The number of nitrogens with one attached hydrogen (secondary N) is 1. The number of hydrogen-bond acceptors (Lipinski definition) is 5. The summed E-state index contributed by atoms with van der Waals surface area (Å²) in [6.45, 7) is 13.8. The maximum Gasteiger partial charge on any atom is 0.186 e. The predicted octanol–water partition coefficient (Wildman–Crippen LogP) is 3.41. The molecule has 5 heteroatoms. The quantitative estimate of drug-likeness (QED) is 0.904. The molecule has 0 spiro atoms. The molecule has 0 amide bonds. The van der Waals surface area contributed by atoms with Crippen LogP contribution in [-0.2, 0) is 17.9 Å². The number of nitrogens with zero attached hydrogens (tertiary/aromatic N) is 2. The number of aromatic nitrogens is 1. The third kappa shape index (κ3) is 4.41. The van der Waals surface area contributed by atoms with E-state index in [9.17, 15) is 0 Å². The van der Waals surface area contributed by atoms with E-state index < -0.39 is 0 Å². The summed E-state index contributed by atoms with van der Waals surface area (Å²) in [5, 5.41) is 4.71. The van der Waals surface area contributed by atoms with Crippen LogP contribution in [-0.4, -0.2) is 30.2 Å². The van der Waals surface area contributed by atoms with Gasteiger partial charge < -0.3 is 15.0 Å². The fourth-order valence-electron chi connectivity index (χ4n) is 2.79. The Morgan fingerprint density at radius 3 is 2.62 bits per heavy atom. The van der Waals surface area contributed by atoms with E-state index >= 15 is 0 Å². The Morgan fingerprint density at radius 1 is 1.38 bits per heavy atom. The van der Waals surface area contributed by atoms with Gasteiger partial charge in [0.15, 0.2) is 5.13 Å². The van der Waals surface area contributed by atoms with Gasteiger partial charge in [-0.3, -0.25) is 0 Å². The molecule has 1 aromatic rings. The van der Waals surface area contributed by atoms with Gasteiger partial charge in [0.25, 0.3) is 0 Å². The molecule has 1 aliphatic heterocycles. The van der Waals surface area contributed by atoms with Crippen molar-refractivity contribution in [2.75, 3.05) is 18.6 Å². The molecule has 0 bridgehead atoms. The minimum Gasteiger partial charge on any atom is -0.378 e. The highest BCUT2D eigenvalue weighted by Gasteiger charge is 2.29. The summed E-state index contributed by atoms with van der Waals surface area (Å²) >= 11 is 1.82. The molecule has 120 valence electrons. The van der Waals surface area contributed by atoms with Crippen LogP contribution >= 0.6 is 11.3 Å². The van der Waals surface area contributed by atoms with Gasteiger partial charge in [0.2, 0.25) is 0 Å². The van der Waals surface area contributed by atoms with Crippen molar-refractivity contribution in [3.05, 3.63) is 10.6 Å². The van der Waals surface area contributed by atoms with Crippen LogP contribution in [0.3, 0.4) is 0 Å². The SMILES string of the molecule is COCc1nc(N2CC(C)CC2C)sc1CNC(C)(C)C. The van der Waals surface area contributed by atoms with Crippen LogP contribution in [0.2, 0.25) is 0 Å². The van der Waals surface area contributed by atoms with Crippen molar-refractivity contribution in [1.82, 2.24) is 10.3 Å². The van der Waals surface area contributed by atoms with E-state index in [1.807, 2.05) is 11.3 Å². The first-order chi connectivity index (χ1) is 9.80. The maximum absolute atomic E-state index is 5.32. The number of methoxy groups -OCH3 is 1. The van der Waals surface area contributed by atoms with Crippen molar-refractivity contribution in [2.45, 2.75) is 65.8 Å². The summed E-state index contributed by atoms with van der Waals surface area (Å²) < 4.78 is 5.32. The molecule has 1 aromatic heterocycles. The van der Waals surface area contributed by atoms with Gasteiger partial charge in [-0.25, -0.2) is 4.98 Å². The summed E-state index contributed by atoms with van der Waals surface area (Å²) in [5.41, 5.74) is 1.20. The van der Waals surface area contributed by atoms with Gasteiger partial charge in [0.05, 0.1) is 12.3 Å². The van der Waals surface area contributed by atoms with Gasteiger partial charge in [-0.1, -0.05) is 6.92 Å². The molecule has 1 fully saturated rings. The van der Waals surface area contributed by atoms with Crippen LogP contribution in [0, 0.1) is 5.92 Å². The second-order valence-corrected chi connectivity index (χ2v) is 8.31. The van der Waals surface area contributed by atoms with E-state index in [2.05, 4.69) is 44.8 Å². The summed E-state index contributed by atoms with van der Waals surface area (Å²) in [7, 11) is 1.74. The van der Waals surface area contributed by atoms with Gasteiger partial charge >= 0.3 is 0 Å². The number of anilines is 1. The molecule has 2 heterocycles. The van der Waals surface area contributed by atoms with Gasteiger partial charge in [-0.15, -0.1) is 11.3 Å². The number of thiazole rings is 1. The Kier molecular flexibility index (Phi) is 5.28. The van der Waals surface area contributed by atoms with Crippen molar-refractivity contribution < 1.29 is 4.74 Å². The number of rotatable bonds is 5. The zero-order chi connectivity index (χ0) is 15.6. The van der Waals surface area contributed by atoms with Gasteiger partial charge in [-0.2, -0.15) is 0 Å². The van der Waals surface area contributed by atoms with E-state index in [4.69, 9.17) is 9.72 Å². The Morgan fingerprint density at radius 2 is 2.10 bits per heavy atom. The molecule has 21 heavy (non-hydrogen) atoms. The van der Waals surface area contributed by atoms with Crippen LogP contribution in [0.15, 0.2) is 0 Å². The Hall–Kier alpha value is -0.650. The average molecular weight is 311 g/mol. The van der Waals surface area contributed by atoms with Crippen molar-refractivity contribution in [3.63, 3.8) is 0 Å². The topological polar surface area (TPSA) is 37.4 Å². The number of hydrogen-bond donors (Lipinski definition) is 1. The molecule has 0 aliphatic carbocycles. The van der Waals surface area contributed by atoms with E-state index in [0.29, 0.717) is 12.6 Å². The van der Waals surface area contributed by atoms with Crippen LogP contribution in [0.1, 0.15) is 51.6 Å². The molecule has 0 radical (unpaired) electrons. The molecule has 0 saturated carbocycles. The Labute approximate surface area is 132 Å². The monoisotopic (exact) mass is 311 g/mol. The zero-order valence-electron chi connectivity index (χ0n) is 14.2. The number of ether oxygens (including phenoxy) is 1. The minimum atomic E-state index is 0.115. The summed E-state index contributed by atoms with van der Waals surface area (Å²) in [5.74, 6) is 0.755. The standard InChI is InChI=1S/C16H29N3OS/c1-11-7-12(2)19(9-11)15-18-13(10-20-6)14(21-15)8-17-16(3,4)5/h11-12,17H,7-10H2,1-6H3. The first kappa shape index (κ1) is 16.7. The molecule has 1 aliphatic rings. The molecule has 2 atom stereocenters. The van der Waals surface area contributed by atoms with Crippen LogP contribution in [0.25, 0.3) is 0 Å². The van der Waals surface area contributed by atoms with Gasteiger partial charge in [0.1, 0.15) is 0 Å². The molecule has 4 nitrogen and oxygen atoms in total. The highest BCUT2D eigenvalue weighted by molar-refractivity contribution is 7.15. The van der Waals surface area contributed by atoms with E-state index in [-0.39, 0.29) is 5.54 Å². The van der Waals surface area contributed by atoms with E-state index in [0.717, 1.165) is 29.8 Å². The second kappa shape index (κ2) is 6.63. The van der Waals surface area contributed by atoms with E-state index in [1.54, 1.807) is 7.11 Å². The molecule has 2 rings (SSSR count). The third-order valence-electron chi connectivity index (χ3n) is 3.86. The smallest absolute Gasteiger partial charge is 0.186 e. The Balaban J connectivity index is 2.16. The predicted molar refractivity (Wildman–Crippen MR) is 90.0 cm³/mol. The lowest BCUT2D eigenvalue weighted by Crippen LogP contribution is -2.35. The van der Waals surface area contributed by atoms with Crippen molar-refractivity contribution in [3.8, 4) is 0 Å². The lowest BCUT2D eigenvalue weighted by molar-refractivity contribution is 0.181. The molecular weight excluding hydrogens is 282 g/mol. The van der Waals surface area contributed by atoms with Crippen LogP contribution in [0.5, 0.6) is 0 Å². The van der Waals surface area contributed by atoms with Crippen molar-refractivity contribution >= 4 is 16.5 Å². The van der Waals surface area contributed by atoms with Gasteiger partial charge in [0, 0.05) is 36.7 Å². The lowest BCUT2D eigenvalue weighted by atomic mass is 10.1. The second-order valence-electron chi connectivity index (χ2n) is 7.25. The summed E-state index contributed by atoms with van der Waals surface area (Å²) in [6.07, 6.45) is 1.26. The Bertz CT molecular complexity index is 467. The minimum absolute atomic E-state index is 0.115. The molecule has 2 unspecified atom stereocenters. The van der Waals surface area contributed by atoms with E-state index in [1.165, 1.54) is 11.3 Å². The highest BCUT2D eigenvalue weighted by Crippen LogP contribution is 2.34.